The number of carboxylic acid groups (broad SMARTS) is 1. The molecule has 1 aliphatic heterocycles. The van der Waals surface area contributed by atoms with Crippen LogP contribution in [0.1, 0.15) is 18.4 Å². The van der Waals surface area contributed by atoms with Crippen LogP contribution in [0.4, 0.5) is 0 Å². The predicted molar refractivity (Wildman–Crippen MR) is 81.0 cm³/mol. The van der Waals surface area contributed by atoms with Gasteiger partial charge in [0.05, 0.1) is 11.1 Å². The van der Waals surface area contributed by atoms with E-state index in [4.69, 9.17) is 21.4 Å². The minimum atomic E-state index is -0.906. The number of ether oxygens (including phenoxy) is 1. The number of hydrogen-bond donors (Lipinski definition) is 1. The van der Waals surface area contributed by atoms with E-state index in [0.717, 1.165) is 42.0 Å². The highest BCUT2D eigenvalue weighted by atomic mass is 79.9. The largest absolute Gasteiger partial charge is 0.480 e. The molecule has 20 heavy (non-hydrogen) atoms. The maximum absolute atomic E-state index is 10.5. The highest BCUT2D eigenvalue weighted by Gasteiger charge is 2.20. The van der Waals surface area contributed by atoms with Gasteiger partial charge < -0.3 is 9.84 Å². The molecular weight excluding hydrogens is 346 g/mol. The third kappa shape index (κ3) is 4.74. The van der Waals surface area contributed by atoms with Crippen molar-refractivity contribution < 1.29 is 14.6 Å². The van der Waals surface area contributed by atoms with Crippen LogP contribution in [-0.2, 0) is 16.1 Å². The summed E-state index contributed by atoms with van der Waals surface area (Å²) in [5.41, 5.74) is 1.18. The van der Waals surface area contributed by atoms with Crippen molar-refractivity contribution in [3.63, 3.8) is 0 Å². The Hall–Kier alpha value is -0.620. The Labute approximate surface area is 131 Å². The van der Waals surface area contributed by atoms with E-state index in [-0.39, 0.29) is 12.7 Å². The normalized spacial score (nSPS) is 17.3. The van der Waals surface area contributed by atoms with Gasteiger partial charge in [-0.3, -0.25) is 4.90 Å². The van der Waals surface area contributed by atoms with Crippen molar-refractivity contribution in [1.82, 2.24) is 4.90 Å². The topological polar surface area (TPSA) is 49.8 Å². The minimum Gasteiger partial charge on any atom is -0.480 e. The average Bonchev–Trinajstić information content (AvgIpc) is 2.42. The number of carbonyl (C=O) groups is 1. The van der Waals surface area contributed by atoms with Gasteiger partial charge in [0.25, 0.3) is 0 Å². The highest BCUT2D eigenvalue weighted by Crippen LogP contribution is 2.24. The molecule has 0 atom stereocenters. The fourth-order valence-corrected chi connectivity index (χ4v) is 2.77. The Balaban J connectivity index is 1.79. The van der Waals surface area contributed by atoms with Gasteiger partial charge in [-0.25, -0.2) is 4.79 Å². The summed E-state index contributed by atoms with van der Waals surface area (Å²) in [5, 5.41) is 9.31. The van der Waals surface area contributed by atoms with Gasteiger partial charge in [0.2, 0.25) is 0 Å². The minimum absolute atomic E-state index is 0.0656. The molecule has 2 rings (SSSR count). The van der Waals surface area contributed by atoms with E-state index < -0.39 is 5.97 Å². The Kier molecular flexibility index (Phi) is 5.84. The molecule has 0 aliphatic carbocycles. The SMILES string of the molecule is O=C(O)COC1CCN(Cc2ccc(Br)c(Cl)c2)CC1. The molecule has 1 aromatic carbocycles. The molecule has 1 heterocycles. The van der Waals surface area contributed by atoms with E-state index in [2.05, 4.69) is 26.9 Å². The first-order valence-corrected chi connectivity index (χ1v) is 7.71. The van der Waals surface area contributed by atoms with E-state index in [1.807, 2.05) is 12.1 Å². The fourth-order valence-electron chi connectivity index (χ4n) is 2.32. The summed E-state index contributed by atoms with van der Waals surface area (Å²) >= 11 is 9.47. The third-order valence-corrected chi connectivity index (χ3v) is 4.60. The summed E-state index contributed by atoms with van der Waals surface area (Å²) in [6.07, 6.45) is 1.81. The molecule has 0 radical (unpaired) electrons. The molecule has 1 aliphatic rings. The molecule has 1 N–H and O–H groups in total. The molecule has 0 amide bonds. The number of likely N-dealkylation sites (tertiary alicyclic amines) is 1. The van der Waals surface area contributed by atoms with Crippen LogP contribution in [0.25, 0.3) is 0 Å². The van der Waals surface area contributed by atoms with Crippen LogP contribution in [0.5, 0.6) is 0 Å². The molecule has 0 aromatic heterocycles. The second-order valence-corrected chi connectivity index (χ2v) is 6.19. The van der Waals surface area contributed by atoms with Crippen molar-refractivity contribution >= 4 is 33.5 Å². The molecule has 1 fully saturated rings. The molecular formula is C14H17BrClNO3. The van der Waals surface area contributed by atoms with Gasteiger partial charge in [-0.15, -0.1) is 0 Å². The van der Waals surface area contributed by atoms with Gasteiger partial charge in [0, 0.05) is 24.1 Å². The Morgan fingerprint density at radius 3 is 2.75 bits per heavy atom. The standard InChI is InChI=1S/C14H17BrClNO3/c15-12-2-1-10(7-13(12)16)8-17-5-3-11(4-6-17)20-9-14(18)19/h1-2,7,11H,3-6,8-9H2,(H,18,19). The zero-order valence-corrected chi connectivity index (χ0v) is 13.4. The first-order chi connectivity index (χ1) is 9.54. The molecule has 0 unspecified atom stereocenters. The maximum Gasteiger partial charge on any atom is 0.329 e. The van der Waals surface area contributed by atoms with E-state index in [1.54, 1.807) is 0 Å². The summed E-state index contributed by atoms with van der Waals surface area (Å²) in [7, 11) is 0. The highest BCUT2D eigenvalue weighted by molar-refractivity contribution is 9.10. The van der Waals surface area contributed by atoms with Gasteiger partial charge in [-0.1, -0.05) is 17.7 Å². The van der Waals surface area contributed by atoms with Gasteiger partial charge in [0.1, 0.15) is 6.61 Å². The van der Waals surface area contributed by atoms with Gasteiger partial charge in [-0.05, 0) is 46.5 Å². The smallest absolute Gasteiger partial charge is 0.329 e. The quantitative estimate of drug-likeness (QED) is 0.874. The van der Waals surface area contributed by atoms with Crippen LogP contribution in [0.3, 0.4) is 0 Å². The molecule has 0 saturated carbocycles. The second kappa shape index (κ2) is 7.41. The van der Waals surface area contributed by atoms with Crippen LogP contribution >= 0.6 is 27.5 Å². The number of rotatable bonds is 5. The summed E-state index contributed by atoms with van der Waals surface area (Å²) < 4.78 is 6.23. The van der Waals surface area contributed by atoms with Gasteiger partial charge >= 0.3 is 5.97 Å². The van der Waals surface area contributed by atoms with E-state index in [1.165, 1.54) is 5.56 Å². The maximum atomic E-state index is 10.5. The van der Waals surface area contributed by atoms with Gasteiger partial charge in [-0.2, -0.15) is 0 Å². The Morgan fingerprint density at radius 2 is 2.15 bits per heavy atom. The monoisotopic (exact) mass is 361 g/mol. The molecule has 1 saturated heterocycles. The number of piperidine rings is 1. The Morgan fingerprint density at radius 1 is 1.45 bits per heavy atom. The lowest BCUT2D eigenvalue weighted by atomic mass is 10.1. The van der Waals surface area contributed by atoms with Crippen molar-refractivity contribution in [3.05, 3.63) is 33.3 Å². The lowest BCUT2D eigenvalue weighted by molar-refractivity contribution is -0.145. The van der Waals surface area contributed by atoms with Crippen molar-refractivity contribution in [2.24, 2.45) is 0 Å². The lowest BCUT2D eigenvalue weighted by Gasteiger charge is -2.31. The Bertz CT molecular complexity index is 475. The number of carboxylic acids is 1. The number of hydrogen-bond acceptors (Lipinski definition) is 3. The number of aliphatic carboxylic acids is 1. The zero-order valence-electron chi connectivity index (χ0n) is 11.0. The second-order valence-electron chi connectivity index (χ2n) is 4.93. The van der Waals surface area contributed by atoms with Crippen LogP contribution in [-0.4, -0.2) is 41.8 Å². The molecule has 4 nitrogen and oxygen atoms in total. The van der Waals surface area contributed by atoms with Crippen LogP contribution in [0, 0.1) is 0 Å². The number of halogens is 2. The number of benzene rings is 1. The lowest BCUT2D eigenvalue weighted by Crippen LogP contribution is -2.37. The summed E-state index contributed by atoms with van der Waals surface area (Å²) in [6, 6.07) is 5.99. The van der Waals surface area contributed by atoms with E-state index in [0.29, 0.717) is 0 Å². The number of nitrogens with zero attached hydrogens (tertiary/aromatic N) is 1. The van der Waals surface area contributed by atoms with Crippen molar-refractivity contribution in [2.75, 3.05) is 19.7 Å². The molecule has 6 heteroatoms. The fraction of sp³-hybridized carbons (Fsp3) is 0.500. The first kappa shape index (κ1) is 15.8. The van der Waals surface area contributed by atoms with E-state index in [9.17, 15) is 4.79 Å². The summed E-state index contributed by atoms with van der Waals surface area (Å²) in [5.74, 6) is -0.906. The van der Waals surface area contributed by atoms with E-state index >= 15 is 0 Å². The van der Waals surface area contributed by atoms with Crippen LogP contribution in [0.15, 0.2) is 22.7 Å². The average molecular weight is 363 g/mol. The first-order valence-electron chi connectivity index (χ1n) is 6.54. The predicted octanol–water partition coefficient (Wildman–Crippen LogP) is 3.17. The van der Waals surface area contributed by atoms with Crippen molar-refractivity contribution in [2.45, 2.75) is 25.5 Å². The van der Waals surface area contributed by atoms with Crippen molar-refractivity contribution in [1.29, 1.82) is 0 Å². The van der Waals surface area contributed by atoms with Crippen molar-refractivity contribution in [3.8, 4) is 0 Å². The van der Waals surface area contributed by atoms with Gasteiger partial charge in [0.15, 0.2) is 0 Å². The van der Waals surface area contributed by atoms with Crippen LogP contribution < -0.4 is 0 Å². The summed E-state index contributed by atoms with van der Waals surface area (Å²) in [6.45, 7) is 2.49. The zero-order chi connectivity index (χ0) is 14.5. The molecule has 1 aromatic rings. The summed E-state index contributed by atoms with van der Waals surface area (Å²) in [4.78, 5) is 12.8. The molecule has 0 bridgehead atoms. The third-order valence-electron chi connectivity index (χ3n) is 3.37. The molecule has 0 spiro atoms. The molecule has 110 valence electrons. The van der Waals surface area contributed by atoms with Crippen LogP contribution in [0.2, 0.25) is 5.02 Å².